The highest BCUT2D eigenvalue weighted by molar-refractivity contribution is 5.47. The lowest BCUT2D eigenvalue weighted by atomic mass is 10.0. The molecule has 0 bridgehead atoms. The van der Waals surface area contributed by atoms with Gasteiger partial charge in [0.2, 0.25) is 0 Å². The summed E-state index contributed by atoms with van der Waals surface area (Å²) in [4.78, 5) is 12.9. The summed E-state index contributed by atoms with van der Waals surface area (Å²) in [5.74, 6) is 0. The molecule has 1 fully saturated rings. The molecule has 172 valence electrons. The maximum absolute atomic E-state index is 8.00. The first-order valence-corrected chi connectivity index (χ1v) is 11.2. The van der Waals surface area contributed by atoms with E-state index >= 15 is 0 Å². The molecular formula is C24H49N3O2. The Morgan fingerprint density at radius 3 is 1.97 bits per heavy atom. The van der Waals surface area contributed by atoms with Crippen LogP contribution in [0.4, 0.5) is 5.69 Å². The van der Waals surface area contributed by atoms with Gasteiger partial charge in [0, 0.05) is 25.4 Å². The number of carbonyl (C=O) groups is 1. The van der Waals surface area contributed by atoms with Gasteiger partial charge in [-0.25, -0.2) is 0 Å². The third-order valence-electron chi connectivity index (χ3n) is 4.16. The number of piperidine rings is 1. The number of benzene rings is 1. The van der Waals surface area contributed by atoms with Crippen LogP contribution in [0, 0.1) is 0 Å². The summed E-state index contributed by atoms with van der Waals surface area (Å²) in [6, 6.07) is 11.4. The number of para-hydroxylation sites is 1. The third kappa shape index (κ3) is 17.2. The molecule has 1 heterocycles. The van der Waals surface area contributed by atoms with Crippen LogP contribution in [0.5, 0.6) is 0 Å². The quantitative estimate of drug-likeness (QED) is 0.635. The number of methoxy groups -OCH3 is 1. The van der Waals surface area contributed by atoms with Gasteiger partial charge in [-0.3, -0.25) is 0 Å². The number of hydrogen-bond donors (Lipinski definition) is 1. The van der Waals surface area contributed by atoms with Crippen molar-refractivity contribution in [3.8, 4) is 0 Å². The Labute approximate surface area is 181 Å². The Morgan fingerprint density at radius 2 is 1.59 bits per heavy atom. The summed E-state index contributed by atoms with van der Waals surface area (Å²) in [6.07, 6.45) is 3.64. The van der Waals surface area contributed by atoms with Gasteiger partial charge in [-0.05, 0) is 58.1 Å². The fraction of sp³-hybridized carbons (Fsp3) is 0.708. The van der Waals surface area contributed by atoms with E-state index in [9.17, 15) is 0 Å². The van der Waals surface area contributed by atoms with Crippen molar-refractivity contribution in [1.82, 2.24) is 10.2 Å². The van der Waals surface area contributed by atoms with Gasteiger partial charge < -0.3 is 24.6 Å². The zero-order valence-corrected chi connectivity index (χ0v) is 20.5. The second-order valence-corrected chi connectivity index (χ2v) is 6.09. The molecule has 1 saturated heterocycles. The second-order valence-electron chi connectivity index (χ2n) is 6.09. The first-order valence-electron chi connectivity index (χ1n) is 11.2. The second kappa shape index (κ2) is 26.6. The molecule has 2 rings (SSSR count). The van der Waals surface area contributed by atoms with E-state index in [1.807, 2.05) is 34.5 Å². The number of anilines is 1. The number of hydrogen-bond acceptors (Lipinski definition) is 5. The molecule has 1 aliphatic rings. The Bertz CT molecular complexity index is 394. The molecule has 1 aromatic carbocycles. The molecule has 0 aromatic heterocycles. The minimum absolute atomic E-state index is 0.669. The van der Waals surface area contributed by atoms with E-state index in [2.05, 4.69) is 66.3 Å². The number of nitrogens with one attached hydrogen (secondary N) is 1. The molecule has 1 aliphatic heterocycles. The van der Waals surface area contributed by atoms with Crippen molar-refractivity contribution in [3.05, 3.63) is 30.3 Å². The zero-order valence-electron chi connectivity index (χ0n) is 20.5. The van der Waals surface area contributed by atoms with Crippen LogP contribution in [0.15, 0.2) is 30.3 Å². The Morgan fingerprint density at radius 1 is 1.07 bits per heavy atom. The van der Waals surface area contributed by atoms with Crippen LogP contribution in [0.1, 0.15) is 60.8 Å². The van der Waals surface area contributed by atoms with Gasteiger partial charge in [0.1, 0.15) is 6.79 Å². The van der Waals surface area contributed by atoms with Crippen molar-refractivity contribution in [1.29, 1.82) is 0 Å². The van der Waals surface area contributed by atoms with Gasteiger partial charge in [0.15, 0.2) is 0 Å². The van der Waals surface area contributed by atoms with Crippen molar-refractivity contribution in [2.45, 2.75) is 66.8 Å². The van der Waals surface area contributed by atoms with E-state index in [4.69, 9.17) is 9.53 Å². The van der Waals surface area contributed by atoms with Gasteiger partial charge >= 0.3 is 0 Å². The maximum atomic E-state index is 8.00. The predicted octanol–water partition coefficient (Wildman–Crippen LogP) is 5.06. The Hall–Kier alpha value is -1.43. The summed E-state index contributed by atoms with van der Waals surface area (Å²) < 4.78 is 4.69. The molecule has 0 amide bonds. The standard InChI is InChI=1S/C15H25N3.C4H10O.2C2H6.CH2O/c1-3-16-13-18(14-7-5-4-6-8-14)15-9-11-17(2)12-10-15;1-3-4-5-2;3*1-2/h4-8,15-16H,3,9-13H2,1-2H3;3-4H2,1-2H3;2*1-2H3;1H2. The summed E-state index contributed by atoms with van der Waals surface area (Å²) in [7, 11) is 3.93. The van der Waals surface area contributed by atoms with Crippen molar-refractivity contribution in [3.63, 3.8) is 0 Å². The minimum Gasteiger partial charge on any atom is -0.385 e. The highest BCUT2D eigenvalue weighted by atomic mass is 16.5. The number of rotatable bonds is 7. The number of carbonyl (C=O) groups excluding carboxylic acids is 1. The molecule has 0 radical (unpaired) electrons. The number of nitrogens with zero attached hydrogens (tertiary/aromatic N) is 2. The molecule has 1 aromatic rings. The molecule has 0 atom stereocenters. The first-order chi connectivity index (χ1) is 14.2. The van der Waals surface area contributed by atoms with Gasteiger partial charge in [-0.15, -0.1) is 0 Å². The maximum Gasteiger partial charge on any atom is 0.106 e. The average molecular weight is 412 g/mol. The van der Waals surface area contributed by atoms with Gasteiger partial charge in [0.25, 0.3) is 0 Å². The van der Waals surface area contributed by atoms with E-state index in [1.165, 1.54) is 31.6 Å². The average Bonchev–Trinajstić information content (AvgIpc) is 2.81. The van der Waals surface area contributed by atoms with Gasteiger partial charge in [0.05, 0.1) is 6.67 Å². The highest BCUT2D eigenvalue weighted by Gasteiger charge is 2.22. The molecule has 29 heavy (non-hydrogen) atoms. The van der Waals surface area contributed by atoms with Crippen LogP contribution in [0.3, 0.4) is 0 Å². The smallest absolute Gasteiger partial charge is 0.106 e. The van der Waals surface area contributed by atoms with Crippen molar-refractivity contribution in [2.24, 2.45) is 0 Å². The van der Waals surface area contributed by atoms with E-state index in [0.717, 1.165) is 26.2 Å². The normalized spacial score (nSPS) is 13.1. The molecule has 0 unspecified atom stereocenters. The van der Waals surface area contributed by atoms with Crippen LogP contribution in [0.25, 0.3) is 0 Å². The Balaban J connectivity index is -0.000000521. The molecule has 0 aliphatic carbocycles. The van der Waals surface area contributed by atoms with Crippen LogP contribution < -0.4 is 10.2 Å². The summed E-state index contributed by atoms with van der Waals surface area (Å²) in [5, 5.41) is 3.47. The van der Waals surface area contributed by atoms with Crippen LogP contribution >= 0.6 is 0 Å². The first kappa shape index (κ1) is 32.2. The van der Waals surface area contributed by atoms with Crippen LogP contribution in [0.2, 0.25) is 0 Å². The van der Waals surface area contributed by atoms with E-state index in [-0.39, 0.29) is 0 Å². The topological polar surface area (TPSA) is 44.8 Å². The molecule has 1 N–H and O–H groups in total. The lowest BCUT2D eigenvalue weighted by Gasteiger charge is -2.38. The predicted molar refractivity (Wildman–Crippen MR) is 130 cm³/mol. The lowest BCUT2D eigenvalue weighted by Crippen LogP contribution is -2.47. The van der Waals surface area contributed by atoms with E-state index in [1.54, 1.807) is 7.11 Å². The number of ether oxygens (including phenoxy) is 1. The summed E-state index contributed by atoms with van der Waals surface area (Å²) in [6.45, 7) is 19.5. The fourth-order valence-corrected chi connectivity index (χ4v) is 2.79. The lowest BCUT2D eigenvalue weighted by molar-refractivity contribution is -0.0979. The zero-order chi connectivity index (χ0) is 22.9. The van der Waals surface area contributed by atoms with Crippen molar-refractivity contribution >= 4 is 12.5 Å². The van der Waals surface area contributed by atoms with Crippen LogP contribution in [-0.4, -0.2) is 64.8 Å². The monoisotopic (exact) mass is 411 g/mol. The molecule has 5 heteroatoms. The summed E-state index contributed by atoms with van der Waals surface area (Å²) >= 11 is 0. The highest BCUT2D eigenvalue weighted by Crippen LogP contribution is 2.22. The fourth-order valence-electron chi connectivity index (χ4n) is 2.79. The van der Waals surface area contributed by atoms with Gasteiger partial charge in [-0.2, -0.15) is 0 Å². The molecule has 0 spiro atoms. The molecule has 5 nitrogen and oxygen atoms in total. The van der Waals surface area contributed by atoms with Crippen molar-refractivity contribution in [2.75, 3.05) is 52.0 Å². The van der Waals surface area contributed by atoms with Crippen LogP contribution in [-0.2, 0) is 9.53 Å². The SMILES string of the molecule is C=O.CC.CC.CCCOC.CCNCN(c1ccccc1)C1CCN(C)CC1. The molecule has 0 saturated carbocycles. The van der Waals surface area contributed by atoms with Crippen molar-refractivity contribution < 1.29 is 9.53 Å². The Kier molecular flexibility index (Phi) is 29.5. The molecular weight excluding hydrogens is 362 g/mol. The number of likely N-dealkylation sites (tertiary alicyclic amines) is 1. The van der Waals surface area contributed by atoms with E-state index in [0.29, 0.717) is 6.04 Å². The van der Waals surface area contributed by atoms with E-state index < -0.39 is 0 Å². The largest absolute Gasteiger partial charge is 0.385 e. The third-order valence-corrected chi connectivity index (χ3v) is 4.16. The minimum atomic E-state index is 0.669. The van der Waals surface area contributed by atoms with Gasteiger partial charge in [-0.1, -0.05) is 59.7 Å². The summed E-state index contributed by atoms with van der Waals surface area (Å²) in [5.41, 5.74) is 1.34.